The lowest BCUT2D eigenvalue weighted by Gasteiger charge is -2.38. The topological polar surface area (TPSA) is 9.23 Å². The van der Waals surface area contributed by atoms with Crippen LogP contribution < -0.4 is 0 Å². The van der Waals surface area contributed by atoms with Gasteiger partial charge in [-0.2, -0.15) is 0 Å². The maximum atomic E-state index is 6.39. The van der Waals surface area contributed by atoms with Gasteiger partial charge < -0.3 is 4.43 Å². The van der Waals surface area contributed by atoms with Crippen molar-refractivity contribution in [3.05, 3.63) is 23.0 Å². The van der Waals surface area contributed by atoms with E-state index in [1.165, 1.54) is 29.7 Å². The van der Waals surface area contributed by atoms with Gasteiger partial charge in [-0.25, -0.2) is 0 Å². The maximum absolute atomic E-state index is 6.39. The Morgan fingerprint density at radius 3 is 2.24 bits per heavy atom. The van der Waals surface area contributed by atoms with Crippen molar-refractivity contribution < 1.29 is 4.43 Å². The molecule has 2 heteroatoms. The Morgan fingerprint density at radius 1 is 1.18 bits per heavy atom. The highest BCUT2D eigenvalue weighted by molar-refractivity contribution is 6.74. The molecule has 0 saturated heterocycles. The first-order valence-electron chi connectivity index (χ1n) is 6.69. The first-order chi connectivity index (χ1) is 7.63. The second-order valence-electron chi connectivity index (χ2n) is 6.85. The minimum Gasteiger partial charge on any atom is -0.547 e. The first kappa shape index (κ1) is 14.6. The molecule has 0 aromatic rings. The molecule has 1 rings (SSSR count). The summed E-state index contributed by atoms with van der Waals surface area (Å²) in [5, 5.41) is 0.288. The third-order valence-corrected chi connectivity index (χ3v) is 8.42. The quantitative estimate of drug-likeness (QED) is 0.597. The fraction of sp³-hybridized carbons (Fsp3) is 0.733. The SMILES string of the molecule is CC(C)=C1C=C(O[Si](C)(C)C(C)(C)C)CCC1. The van der Waals surface area contributed by atoms with Gasteiger partial charge in [-0.15, -0.1) is 0 Å². The normalized spacial score (nSPS) is 17.8. The third-order valence-electron chi connectivity index (χ3n) is 4.04. The molecule has 0 amide bonds. The van der Waals surface area contributed by atoms with Gasteiger partial charge in [0, 0.05) is 6.42 Å². The molecule has 0 aliphatic heterocycles. The van der Waals surface area contributed by atoms with Gasteiger partial charge in [0.05, 0.1) is 5.76 Å². The first-order valence-corrected chi connectivity index (χ1v) is 9.60. The van der Waals surface area contributed by atoms with Gasteiger partial charge >= 0.3 is 0 Å². The number of allylic oxidation sites excluding steroid dienone is 4. The highest BCUT2D eigenvalue weighted by atomic mass is 28.4. The molecule has 1 aliphatic rings. The Hall–Kier alpha value is -0.503. The molecule has 0 aromatic heterocycles. The standard InChI is InChI=1S/C15H28OSi/c1-12(2)13-9-8-10-14(11-13)16-17(6,7)15(3,4)5/h11H,8-10H2,1-7H3. The second-order valence-corrected chi connectivity index (χ2v) is 11.6. The van der Waals surface area contributed by atoms with Gasteiger partial charge in [-0.3, -0.25) is 0 Å². The van der Waals surface area contributed by atoms with Crippen LogP contribution in [0, 0.1) is 0 Å². The molecule has 0 bridgehead atoms. The van der Waals surface area contributed by atoms with Gasteiger partial charge in [-0.05, 0) is 56.5 Å². The maximum Gasteiger partial charge on any atom is 0.250 e. The van der Waals surface area contributed by atoms with Gasteiger partial charge in [0.2, 0.25) is 8.32 Å². The molecule has 17 heavy (non-hydrogen) atoms. The summed E-state index contributed by atoms with van der Waals surface area (Å²) in [4.78, 5) is 0. The molecule has 0 aromatic carbocycles. The smallest absolute Gasteiger partial charge is 0.250 e. The fourth-order valence-corrected chi connectivity index (χ4v) is 2.87. The molecule has 0 N–H and O–H groups in total. The lowest BCUT2D eigenvalue weighted by atomic mass is 9.97. The lowest BCUT2D eigenvalue weighted by molar-refractivity contribution is 0.358. The van der Waals surface area contributed by atoms with Crippen LogP contribution in [-0.4, -0.2) is 8.32 Å². The van der Waals surface area contributed by atoms with Crippen molar-refractivity contribution in [1.82, 2.24) is 0 Å². The Kier molecular flexibility index (Phi) is 4.29. The number of rotatable bonds is 2. The average molecular weight is 252 g/mol. The zero-order chi connectivity index (χ0) is 13.3. The van der Waals surface area contributed by atoms with Crippen LogP contribution in [0.15, 0.2) is 23.0 Å². The summed E-state index contributed by atoms with van der Waals surface area (Å²) in [6.07, 6.45) is 5.86. The van der Waals surface area contributed by atoms with Crippen LogP contribution in [-0.2, 0) is 4.43 Å². The van der Waals surface area contributed by atoms with E-state index in [1.54, 1.807) is 0 Å². The molecule has 0 radical (unpaired) electrons. The summed E-state index contributed by atoms with van der Waals surface area (Å²) in [6, 6.07) is 0. The summed E-state index contributed by atoms with van der Waals surface area (Å²) in [7, 11) is -1.65. The third kappa shape index (κ3) is 3.73. The monoisotopic (exact) mass is 252 g/mol. The number of hydrogen-bond acceptors (Lipinski definition) is 1. The van der Waals surface area contributed by atoms with Crippen LogP contribution in [0.3, 0.4) is 0 Å². The zero-order valence-electron chi connectivity index (χ0n) is 12.6. The largest absolute Gasteiger partial charge is 0.547 e. The minimum absolute atomic E-state index is 0.288. The van der Waals surface area contributed by atoms with E-state index < -0.39 is 8.32 Å². The Balaban J connectivity index is 2.86. The van der Waals surface area contributed by atoms with E-state index >= 15 is 0 Å². The van der Waals surface area contributed by atoms with Crippen molar-refractivity contribution in [2.75, 3.05) is 0 Å². The fourth-order valence-electron chi connectivity index (χ4n) is 1.75. The van der Waals surface area contributed by atoms with Crippen LogP contribution in [0.5, 0.6) is 0 Å². The van der Waals surface area contributed by atoms with Crippen LogP contribution in [0.25, 0.3) is 0 Å². The van der Waals surface area contributed by atoms with Crippen molar-refractivity contribution >= 4 is 8.32 Å². The van der Waals surface area contributed by atoms with Crippen molar-refractivity contribution in [1.29, 1.82) is 0 Å². The van der Waals surface area contributed by atoms with E-state index in [0.29, 0.717) is 0 Å². The van der Waals surface area contributed by atoms with Crippen molar-refractivity contribution in [2.24, 2.45) is 0 Å². The summed E-state index contributed by atoms with van der Waals surface area (Å²) in [6.45, 7) is 15.9. The van der Waals surface area contributed by atoms with E-state index in [2.05, 4.69) is 53.8 Å². The zero-order valence-corrected chi connectivity index (χ0v) is 13.6. The molecule has 0 saturated carbocycles. The van der Waals surface area contributed by atoms with Gasteiger partial charge in [-0.1, -0.05) is 26.3 Å². The highest BCUT2D eigenvalue weighted by Crippen LogP contribution is 2.39. The van der Waals surface area contributed by atoms with Gasteiger partial charge in [0.15, 0.2) is 0 Å². The van der Waals surface area contributed by atoms with E-state index in [0.717, 1.165) is 6.42 Å². The van der Waals surface area contributed by atoms with Crippen LogP contribution in [0.4, 0.5) is 0 Å². The molecule has 0 fully saturated rings. The van der Waals surface area contributed by atoms with E-state index in [-0.39, 0.29) is 5.04 Å². The predicted octanol–water partition coefficient (Wildman–Crippen LogP) is 5.41. The highest BCUT2D eigenvalue weighted by Gasteiger charge is 2.39. The van der Waals surface area contributed by atoms with E-state index in [1.807, 2.05) is 0 Å². The molecule has 1 aliphatic carbocycles. The second kappa shape index (κ2) is 5.01. The Bertz CT molecular complexity index is 338. The summed E-state index contributed by atoms with van der Waals surface area (Å²) < 4.78 is 6.39. The van der Waals surface area contributed by atoms with Crippen LogP contribution in [0.2, 0.25) is 18.1 Å². The number of hydrogen-bond donors (Lipinski definition) is 0. The molecule has 0 unspecified atom stereocenters. The average Bonchev–Trinajstić information content (AvgIpc) is 2.15. The molecule has 0 atom stereocenters. The van der Waals surface area contributed by atoms with E-state index in [4.69, 9.17) is 4.43 Å². The van der Waals surface area contributed by atoms with Crippen molar-refractivity contribution in [3.63, 3.8) is 0 Å². The lowest BCUT2D eigenvalue weighted by Crippen LogP contribution is -2.40. The van der Waals surface area contributed by atoms with Gasteiger partial charge in [0.1, 0.15) is 0 Å². The van der Waals surface area contributed by atoms with Crippen molar-refractivity contribution in [3.8, 4) is 0 Å². The molecule has 98 valence electrons. The van der Waals surface area contributed by atoms with Crippen LogP contribution >= 0.6 is 0 Å². The minimum atomic E-state index is -1.65. The van der Waals surface area contributed by atoms with Crippen LogP contribution in [0.1, 0.15) is 53.9 Å². The van der Waals surface area contributed by atoms with E-state index in [9.17, 15) is 0 Å². The molecular weight excluding hydrogens is 224 g/mol. The predicted molar refractivity (Wildman–Crippen MR) is 78.6 cm³/mol. The molecule has 0 spiro atoms. The summed E-state index contributed by atoms with van der Waals surface area (Å²) in [5.41, 5.74) is 2.91. The Labute approximate surface area is 108 Å². The summed E-state index contributed by atoms with van der Waals surface area (Å²) >= 11 is 0. The summed E-state index contributed by atoms with van der Waals surface area (Å²) in [5.74, 6) is 1.22. The van der Waals surface area contributed by atoms with Gasteiger partial charge in [0.25, 0.3) is 0 Å². The van der Waals surface area contributed by atoms with Crippen molar-refractivity contribution in [2.45, 2.75) is 72.0 Å². The molecular formula is C15H28OSi. The molecule has 0 heterocycles. The molecule has 1 nitrogen and oxygen atoms in total. The Morgan fingerprint density at radius 2 is 1.76 bits per heavy atom.